The van der Waals surface area contributed by atoms with Crippen LogP contribution in [0.15, 0.2) is 35.4 Å². The van der Waals surface area contributed by atoms with Crippen LogP contribution < -0.4 is 10.9 Å². The van der Waals surface area contributed by atoms with Crippen molar-refractivity contribution in [3.63, 3.8) is 0 Å². The molecule has 6 heteroatoms. The van der Waals surface area contributed by atoms with Gasteiger partial charge in [0.2, 0.25) is 5.91 Å². The Morgan fingerprint density at radius 1 is 1.17 bits per heavy atom. The Balaban J connectivity index is 1.66. The second kappa shape index (κ2) is 7.17. The predicted octanol–water partition coefficient (Wildman–Crippen LogP) is 1.22. The fraction of sp³-hybridized carbons (Fsp3) is 0.412. The summed E-state index contributed by atoms with van der Waals surface area (Å²) in [5, 5.41) is 7.20. The second-order valence-corrected chi connectivity index (χ2v) is 5.81. The van der Waals surface area contributed by atoms with Gasteiger partial charge in [-0.25, -0.2) is 4.68 Å². The number of amides is 1. The molecule has 0 spiro atoms. The summed E-state index contributed by atoms with van der Waals surface area (Å²) in [5.74, 6) is -0.218. The molecular formula is C17H20N4O2. The van der Waals surface area contributed by atoms with Crippen LogP contribution in [-0.2, 0) is 30.7 Å². The number of hydrogen-bond acceptors (Lipinski definition) is 4. The molecule has 0 saturated heterocycles. The van der Waals surface area contributed by atoms with Crippen LogP contribution in [0.1, 0.15) is 36.1 Å². The minimum absolute atomic E-state index is 0.0444. The van der Waals surface area contributed by atoms with E-state index in [9.17, 15) is 9.59 Å². The molecule has 0 radical (unpaired) electrons. The van der Waals surface area contributed by atoms with Crippen LogP contribution in [0, 0.1) is 0 Å². The van der Waals surface area contributed by atoms with E-state index in [4.69, 9.17) is 0 Å². The molecule has 1 amide bonds. The van der Waals surface area contributed by atoms with Gasteiger partial charge < -0.3 is 5.32 Å². The maximum absolute atomic E-state index is 12.1. The Morgan fingerprint density at radius 3 is 2.78 bits per heavy atom. The summed E-state index contributed by atoms with van der Waals surface area (Å²) in [5.41, 5.74) is 2.77. The number of fused-ring (bicyclic) bond motifs is 1. The minimum atomic E-state index is -0.218. The first-order chi connectivity index (χ1) is 11.2. The summed E-state index contributed by atoms with van der Waals surface area (Å²) in [6, 6.07) is 5.32. The zero-order valence-corrected chi connectivity index (χ0v) is 13.0. The van der Waals surface area contributed by atoms with Crippen LogP contribution in [0.4, 0.5) is 0 Å². The highest BCUT2D eigenvalue weighted by molar-refractivity contribution is 5.75. The van der Waals surface area contributed by atoms with Gasteiger partial charge in [0.05, 0.1) is 5.69 Å². The number of pyridine rings is 1. The Kier molecular flexibility index (Phi) is 4.80. The van der Waals surface area contributed by atoms with E-state index in [1.54, 1.807) is 18.5 Å². The van der Waals surface area contributed by atoms with E-state index in [0.29, 0.717) is 6.54 Å². The lowest BCUT2D eigenvalue weighted by atomic mass is 10.1. The third-order valence-corrected chi connectivity index (χ3v) is 4.06. The number of nitrogens with zero attached hydrogens (tertiary/aromatic N) is 3. The molecule has 0 fully saturated rings. The van der Waals surface area contributed by atoms with Crippen molar-refractivity contribution in [1.82, 2.24) is 20.1 Å². The van der Waals surface area contributed by atoms with Crippen molar-refractivity contribution < 1.29 is 4.79 Å². The summed E-state index contributed by atoms with van der Waals surface area (Å²) in [6.07, 6.45) is 8.51. The standard InChI is InChI=1S/C17H20N4O2/c22-16(19-11-13-6-8-18-9-7-13)12-21-17(23)10-14-4-2-1-3-5-15(14)20-21/h6-10H,1-5,11-12H2,(H,19,22). The minimum Gasteiger partial charge on any atom is -0.350 e. The molecule has 0 unspecified atom stereocenters. The molecule has 2 aromatic heterocycles. The summed E-state index contributed by atoms with van der Waals surface area (Å²) < 4.78 is 1.27. The maximum atomic E-state index is 12.1. The Hall–Kier alpha value is -2.50. The normalized spacial score (nSPS) is 13.9. The third kappa shape index (κ3) is 4.03. The van der Waals surface area contributed by atoms with E-state index >= 15 is 0 Å². The van der Waals surface area contributed by atoms with Crippen molar-refractivity contribution in [2.24, 2.45) is 0 Å². The van der Waals surface area contributed by atoms with E-state index in [0.717, 1.165) is 48.9 Å². The molecule has 2 aromatic rings. The quantitative estimate of drug-likeness (QED) is 0.861. The molecule has 3 rings (SSSR count). The molecule has 0 aromatic carbocycles. The van der Waals surface area contributed by atoms with Gasteiger partial charge in [-0.3, -0.25) is 14.6 Å². The van der Waals surface area contributed by atoms with Crippen molar-refractivity contribution in [1.29, 1.82) is 0 Å². The molecule has 1 aliphatic carbocycles. The lowest BCUT2D eigenvalue weighted by Crippen LogP contribution is -2.34. The van der Waals surface area contributed by atoms with E-state index in [1.165, 1.54) is 4.68 Å². The molecule has 0 bridgehead atoms. The van der Waals surface area contributed by atoms with Crippen molar-refractivity contribution in [3.8, 4) is 0 Å². The van der Waals surface area contributed by atoms with Gasteiger partial charge in [0, 0.05) is 25.0 Å². The highest BCUT2D eigenvalue weighted by atomic mass is 16.2. The van der Waals surface area contributed by atoms with Gasteiger partial charge >= 0.3 is 0 Å². The molecule has 6 nitrogen and oxygen atoms in total. The SMILES string of the molecule is O=C(Cn1nc2c(cc1=O)CCCCC2)NCc1ccncc1. The van der Waals surface area contributed by atoms with Gasteiger partial charge in [0.15, 0.2) is 0 Å². The topological polar surface area (TPSA) is 76.9 Å². The van der Waals surface area contributed by atoms with Crippen LogP contribution in [0.2, 0.25) is 0 Å². The fourth-order valence-electron chi connectivity index (χ4n) is 2.78. The van der Waals surface area contributed by atoms with Crippen LogP contribution in [-0.4, -0.2) is 20.7 Å². The van der Waals surface area contributed by atoms with Gasteiger partial charge in [0.25, 0.3) is 5.56 Å². The fourth-order valence-corrected chi connectivity index (χ4v) is 2.78. The summed E-state index contributed by atoms with van der Waals surface area (Å²) in [4.78, 5) is 28.1. The predicted molar refractivity (Wildman–Crippen MR) is 85.8 cm³/mol. The maximum Gasteiger partial charge on any atom is 0.267 e. The molecule has 1 N–H and O–H groups in total. The highest BCUT2D eigenvalue weighted by Gasteiger charge is 2.13. The van der Waals surface area contributed by atoms with Gasteiger partial charge in [-0.15, -0.1) is 0 Å². The number of carbonyl (C=O) groups excluding carboxylic acids is 1. The van der Waals surface area contributed by atoms with Gasteiger partial charge in [-0.05, 0) is 48.9 Å². The monoisotopic (exact) mass is 312 g/mol. The molecule has 2 heterocycles. The lowest BCUT2D eigenvalue weighted by molar-refractivity contribution is -0.122. The van der Waals surface area contributed by atoms with Crippen molar-refractivity contribution in [2.45, 2.75) is 45.2 Å². The van der Waals surface area contributed by atoms with E-state index < -0.39 is 0 Å². The molecule has 1 aliphatic rings. The Morgan fingerprint density at radius 2 is 1.96 bits per heavy atom. The van der Waals surface area contributed by atoms with E-state index in [-0.39, 0.29) is 18.0 Å². The molecule has 0 aliphatic heterocycles. The number of aryl methyl sites for hydroxylation is 2. The average Bonchev–Trinajstić information content (AvgIpc) is 2.79. The van der Waals surface area contributed by atoms with Crippen LogP contribution in [0.5, 0.6) is 0 Å². The molecular weight excluding hydrogens is 292 g/mol. The summed E-state index contributed by atoms with van der Waals surface area (Å²) >= 11 is 0. The van der Waals surface area contributed by atoms with Crippen molar-refractivity contribution >= 4 is 5.91 Å². The largest absolute Gasteiger partial charge is 0.350 e. The third-order valence-electron chi connectivity index (χ3n) is 4.06. The average molecular weight is 312 g/mol. The number of nitrogens with one attached hydrogen (secondary N) is 1. The first-order valence-corrected chi connectivity index (χ1v) is 7.98. The smallest absolute Gasteiger partial charge is 0.267 e. The molecule has 120 valence electrons. The highest BCUT2D eigenvalue weighted by Crippen LogP contribution is 2.16. The van der Waals surface area contributed by atoms with Crippen LogP contribution >= 0.6 is 0 Å². The first kappa shape index (κ1) is 15.4. The number of rotatable bonds is 4. The lowest BCUT2D eigenvalue weighted by Gasteiger charge is -2.10. The molecule has 0 atom stereocenters. The zero-order valence-electron chi connectivity index (χ0n) is 13.0. The van der Waals surface area contributed by atoms with Crippen LogP contribution in [0.3, 0.4) is 0 Å². The Labute approximate surface area is 134 Å². The zero-order chi connectivity index (χ0) is 16.1. The van der Waals surface area contributed by atoms with Gasteiger partial charge in [-0.1, -0.05) is 6.42 Å². The molecule has 23 heavy (non-hydrogen) atoms. The number of aromatic nitrogens is 3. The van der Waals surface area contributed by atoms with E-state index in [1.807, 2.05) is 12.1 Å². The number of carbonyl (C=O) groups is 1. The molecule has 0 saturated carbocycles. The second-order valence-electron chi connectivity index (χ2n) is 5.81. The van der Waals surface area contributed by atoms with E-state index in [2.05, 4.69) is 15.4 Å². The number of hydrogen-bond donors (Lipinski definition) is 1. The summed E-state index contributed by atoms with van der Waals surface area (Å²) in [7, 11) is 0. The van der Waals surface area contributed by atoms with Crippen LogP contribution in [0.25, 0.3) is 0 Å². The first-order valence-electron chi connectivity index (χ1n) is 7.98. The summed E-state index contributed by atoms with van der Waals surface area (Å²) in [6.45, 7) is 0.373. The van der Waals surface area contributed by atoms with Crippen molar-refractivity contribution in [2.75, 3.05) is 0 Å². The Bertz CT molecular complexity index is 740. The van der Waals surface area contributed by atoms with Crippen molar-refractivity contribution in [3.05, 3.63) is 57.8 Å². The van der Waals surface area contributed by atoms with Gasteiger partial charge in [-0.2, -0.15) is 5.10 Å². The van der Waals surface area contributed by atoms with Gasteiger partial charge in [0.1, 0.15) is 6.54 Å².